The third-order valence-electron chi connectivity index (χ3n) is 9.57. The maximum absolute atomic E-state index is 12.3. The van der Waals surface area contributed by atoms with E-state index in [4.69, 9.17) is 47.4 Å². The van der Waals surface area contributed by atoms with E-state index in [1.807, 2.05) is 6.92 Å². The second-order valence-corrected chi connectivity index (χ2v) is 13.4. The van der Waals surface area contributed by atoms with Gasteiger partial charge in [-0.2, -0.15) is 0 Å². The molecule has 13 heteroatoms. The van der Waals surface area contributed by atoms with Gasteiger partial charge in [0, 0.05) is 46.5 Å². The quantitative estimate of drug-likeness (QED) is 0.121. The SMILES string of the molecule is CCCCOCC1OCCC(OC2OC(COC(C)=O)C(C)C(OC(C)=O)C2OC(C)=O)C1OC1OC(C)C(C)C(C)C1OCCCC. The molecule has 13 nitrogen and oxygen atoms in total. The zero-order valence-corrected chi connectivity index (χ0v) is 30.4. The summed E-state index contributed by atoms with van der Waals surface area (Å²) < 4.78 is 61.6. The molecule has 13 atom stereocenters. The molecule has 3 fully saturated rings. The molecule has 0 aromatic carbocycles. The Morgan fingerprint density at radius 1 is 0.667 bits per heavy atom. The lowest BCUT2D eigenvalue weighted by atomic mass is 9.84. The van der Waals surface area contributed by atoms with Crippen LogP contribution in [-0.4, -0.2) is 112 Å². The summed E-state index contributed by atoms with van der Waals surface area (Å²) in [4.78, 5) is 36.3. The molecule has 0 spiro atoms. The van der Waals surface area contributed by atoms with Crippen molar-refractivity contribution in [2.45, 2.75) is 156 Å². The van der Waals surface area contributed by atoms with Gasteiger partial charge in [0.05, 0.1) is 18.8 Å². The Morgan fingerprint density at radius 3 is 1.96 bits per heavy atom. The second kappa shape index (κ2) is 20.1. The highest BCUT2D eigenvalue weighted by atomic mass is 16.8. The van der Waals surface area contributed by atoms with Crippen molar-refractivity contribution in [1.82, 2.24) is 0 Å². The Bertz CT molecular complexity index is 994. The van der Waals surface area contributed by atoms with Gasteiger partial charge in [0.25, 0.3) is 0 Å². The number of ether oxygens (including phenoxy) is 10. The van der Waals surface area contributed by atoms with Gasteiger partial charge in [0.1, 0.15) is 37.1 Å². The van der Waals surface area contributed by atoms with Crippen molar-refractivity contribution in [2.24, 2.45) is 17.8 Å². The zero-order valence-electron chi connectivity index (χ0n) is 30.4. The number of carbonyl (C=O) groups excluding carboxylic acids is 3. The van der Waals surface area contributed by atoms with Crippen LogP contribution in [0.5, 0.6) is 0 Å². The first-order chi connectivity index (χ1) is 22.9. The van der Waals surface area contributed by atoms with Crippen molar-refractivity contribution in [2.75, 3.05) is 33.0 Å². The van der Waals surface area contributed by atoms with E-state index in [2.05, 4.69) is 27.7 Å². The third-order valence-corrected chi connectivity index (χ3v) is 9.57. The van der Waals surface area contributed by atoms with Crippen LogP contribution in [0, 0.1) is 17.8 Å². The molecule has 48 heavy (non-hydrogen) atoms. The molecule has 3 rings (SSSR count). The lowest BCUT2D eigenvalue weighted by Crippen LogP contribution is -2.61. The van der Waals surface area contributed by atoms with Gasteiger partial charge >= 0.3 is 17.9 Å². The molecular weight excluding hydrogens is 628 g/mol. The van der Waals surface area contributed by atoms with E-state index in [1.165, 1.54) is 20.8 Å². The predicted octanol–water partition coefficient (Wildman–Crippen LogP) is 4.35. The molecule has 13 unspecified atom stereocenters. The fourth-order valence-electron chi connectivity index (χ4n) is 6.38. The summed E-state index contributed by atoms with van der Waals surface area (Å²) in [5.74, 6) is -1.74. The van der Waals surface area contributed by atoms with E-state index in [9.17, 15) is 14.4 Å². The van der Waals surface area contributed by atoms with Crippen molar-refractivity contribution in [1.29, 1.82) is 0 Å². The molecule has 278 valence electrons. The zero-order chi connectivity index (χ0) is 35.4. The minimum Gasteiger partial charge on any atom is -0.463 e. The number of unbranched alkanes of at least 4 members (excludes halogenated alkanes) is 2. The summed E-state index contributed by atoms with van der Waals surface area (Å²) >= 11 is 0. The van der Waals surface area contributed by atoms with Gasteiger partial charge in [-0.1, -0.05) is 47.5 Å². The number of rotatable bonds is 17. The summed E-state index contributed by atoms with van der Waals surface area (Å²) in [6, 6.07) is 0. The van der Waals surface area contributed by atoms with E-state index in [0.717, 1.165) is 25.7 Å². The fourth-order valence-corrected chi connectivity index (χ4v) is 6.38. The molecule has 0 aromatic heterocycles. The Labute approximate surface area is 286 Å². The van der Waals surface area contributed by atoms with Gasteiger partial charge in [-0.3, -0.25) is 14.4 Å². The predicted molar refractivity (Wildman–Crippen MR) is 173 cm³/mol. The summed E-state index contributed by atoms with van der Waals surface area (Å²) in [7, 11) is 0. The van der Waals surface area contributed by atoms with Crippen molar-refractivity contribution < 1.29 is 61.8 Å². The van der Waals surface area contributed by atoms with Gasteiger partial charge in [0.2, 0.25) is 0 Å². The lowest BCUT2D eigenvalue weighted by molar-refractivity contribution is -0.348. The van der Waals surface area contributed by atoms with Gasteiger partial charge in [-0.15, -0.1) is 0 Å². The monoisotopic (exact) mass is 688 g/mol. The van der Waals surface area contributed by atoms with Crippen LogP contribution >= 0.6 is 0 Å². The number of carbonyl (C=O) groups is 3. The Morgan fingerprint density at radius 2 is 1.31 bits per heavy atom. The highest BCUT2D eigenvalue weighted by Crippen LogP contribution is 2.37. The number of hydrogen-bond acceptors (Lipinski definition) is 13. The molecule has 3 heterocycles. The van der Waals surface area contributed by atoms with Crippen molar-refractivity contribution in [3.63, 3.8) is 0 Å². The minimum absolute atomic E-state index is 0.0813. The number of hydrogen-bond donors (Lipinski definition) is 0. The summed E-state index contributed by atoms with van der Waals surface area (Å²) in [6.07, 6.45) is -2.65. The van der Waals surface area contributed by atoms with E-state index in [0.29, 0.717) is 26.2 Å². The second-order valence-electron chi connectivity index (χ2n) is 13.4. The maximum Gasteiger partial charge on any atom is 0.303 e. The molecule has 3 aliphatic rings. The first-order valence-electron chi connectivity index (χ1n) is 17.8. The molecule has 0 aliphatic carbocycles. The topological polar surface area (TPSA) is 144 Å². The minimum atomic E-state index is -1.19. The molecule has 3 aliphatic heterocycles. The lowest BCUT2D eigenvalue weighted by Gasteiger charge is -2.48. The van der Waals surface area contributed by atoms with Crippen molar-refractivity contribution in [3.8, 4) is 0 Å². The first-order valence-corrected chi connectivity index (χ1v) is 17.8. The smallest absolute Gasteiger partial charge is 0.303 e. The summed E-state index contributed by atoms with van der Waals surface area (Å²) in [6.45, 7) is 17.9. The summed E-state index contributed by atoms with van der Waals surface area (Å²) in [5, 5.41) is 0. The van der Waals surface area contributed by atoms with E-state index < -0.39 is 73.0 Å². The van der Waals surface area contributed by atoms with E-state index in [-0.39, 0.29) is 37.3 Å². The van der Waals surface area contributed by atoms with Gasteiger partial charge in [0.15, 0.2) is 18.7 Å². The molecule has 0 bridgehead atoms. The van der Waals surface area contributed by atoms with E-state index >= 15 is 0 Å². The van der Waals surface area contributed by atoms with Gasteiger partial charge in [-0.05, 0) is 38.0 Å². The van der Waals surface area contributed by atoms with Gasteiger partial charge in [-0.25, -0.2) is 0 Å². The molecule has 0 saturated carbocycles. The van der Waals surface area contributed by atoms with Crippen LogP contribution in [0.4, 0.5) is 0 Å². The molecule has 3 saturated heterocycles. The highest BCUT2D eigenvalue weighted by Gasteiger charge is 2.52. The molecule has 0 radical (unpaired) electrons. The van der Waals surface area contributed by atoms with Crippen LogP contribution in [0.3, 0.4) is 0 Å². The third kappa shape index (κ3) is 11.6. The maximum atomic E-state index is 12.3. The fraction of sp³-hybridized carbons (Fsp3) is 0.914. The average Bonchev–Trinajstić information content (AvgIpc) is 3.02. The van der Waals surface area contributed by atoms with Crippen LogP contribution in [0.2, 0.25) is 0 Å². The first kappa shape index (κ1) is 40.6. The van der Waals surface area contributed by atoms with Crippen LogP contribution in [0.1, 0.15) is 94.4 Å². The van der Waals surface area contributed by atoms with Crippen molar-refractivity contribution in [3.05, 3.63) is 0 Å². The Kier molecular flexibility index (Phi) is 17.0. The molecule has 0 amide bonds. The van der Waals surface area contributed by atoms with Crippen molar-refractivity contribution >= 4 is 17.9 Å². The largest absolute Gasteiger partial charge is 0.463 e. The Balaban J connectivity index is 1.95. The van der Waals surface area contributed by atoms with Crippen LogP contribution in [0.15, 0.2) is 0 Å². The number of esters is 3. The van der Waals surface area contributed by atoms with Crippen LogP contribution in [-0.2, 0) is 61.8 Å². The highest BCUT2D eigenvalue weighted by molar-refractivity contribution is 5.67. The van der Waals surface area contributed by atoms with E-state index in [1.54, 1.807) is 6.92 Å². The van der Waals surface area contributed by atoms with Crippen LogP contribution < -0.4 is 0 Å². The van der Waals surface area contributed by atoms with Crippen LogP contribution in [0.25, 0.3) is 0 Å². The normalized spacial score (nSPS) is 37.1. The molecule has 0 aromatic rings. The summed E-state index contributed by atoms with van der Waals surface area (Å²) in [5.41, 5.74) is 0. The molecular formula is C35H60O13. The standard InChI is InChI=1S/C35H60O13/c1-10-12-15-39-18-29-32(48-34-31(41-16-13-11-2)21(4)20(3)23(6)43-34)27(14-17-40-29)46-35-33(45-26(9)38)30(44-25(8)37)22(5)28(47-35)19-42-24(7)36/h20-23,27-35H,10-19H2,1-9H3. The molecule has 0 N–H and O–H groups in total. The Hall–Kier alpha value is -1.87. The average molecular weight is 689 g/mol. The van der Waals surface area contributed by atoms with Gasteiger partial charge < -0.3 is 47.4 Å².